The summed E-state index contributed by atoms with van der Waals surface area (Å²) >= 11 is 0. The maximum absolute atomic E-state index is 6.27. The summed E-state index contributed by atoms with van der Waals surface area (Å²) in [6, 6.07) is 6.93. The fourth-order valence-corrected chi connectivity index (χ4v) is 4.22. The Hall–Kier alpha value is -0.970. The van der Waals surface area contributed by atoms with Gasteiger partial charge in [0.2, 0.25) is 0 Å². The van der Waals surface area contributed by atoms with Gasteiger partial charge in [-0.25, -0.2) is 0 Å². The van der Waals surface area contributed by atoms with Crippen LogP contribution in [0.2, 0.25) is 0 Å². The Morgan fingerprint density at radius 1 is 1.43 bits per heavy atom. The van der Waals surface area contributed by atoms with E-state index in [0.717, 1.165) is 31.4 Å². The largest absolute Gasteiger partial charge is 0.329 e. The summed E-state index contributed by atoms with van der Waals surface area (Å²) in [5.74, 6) is 0. The van der Waals surface area contributed by atoms with Gasteiger partial charge in [0, 0.05) is 37.4 Å². The van der Waals surface area contributed by atoms with Crippen LogP contribution in [0.15, 0.2) is 24.4 Å². The average Bonchev–Trinajstić information content (AvgIpc) is 3.00. The van der Waals surface area contributed by atoms with E-state index >= 15 is 0 Å². The van der Waals surface area contributed by atoms with E-state index in [1.165, 1.54) is 38.8 Å². The summed E-state index contributed by atoms with van der Waals surface area (Å²) in [6.07, 6.45) is 7.02. The van der Waals surface area contributed by atoms with Crippen molar-refractivity contribution in [2.24, 2.45) is 5.73 Å². The van der Waals surface area contributed by atoms with Crippen LogP contribution >= 0.6 is 0 Å². The van der Waals surface area contributed by atoms with E-state index in [1.807, 2.05) is 12.3 Å². The van der Waals surface area contributed by atoms with Gasteiger partial charge in [-0.3, -0.25) is 9.88 Å². The van der Waals surface area contributed by atoms with Crippen LogP contribution in [0.4, 0.5) is 0 Å². The number of nitrogens with zero attached hydrogens (tertiary/aromatic N) is 3. The molecule has 0 radical (unpaired) electrons. The van der Waals surface area contributed by atoms with Gasteiger partial charge in [0.05, 0.1) is 5.69 Å². The lowest BCUT2D eigenvalue weighted by Gasteiger charge is -2.50. The SMILES string of the molecule is CCN(Cc1ccccn1)C1(CN)CCN2CCCC2C1. The molecule has 0 saturated carbocycles. The number of likely N-dealkylation sites (N-methyl/N-ethyl adjacent to an activating group) is 1. The molecule has 2 aliphatic rings. The lowest BCUT2D eigenvalue weighted by Crippen LogP contribution is -2.60. The maximum Gasteiger partial charge on any atom is 0.0544 e. The van der Waals surface area contributed by atoms with Crippen molar-refractivity contribution in [1.82, 2.24) is 14.8 Å². The Labute approximate surface area is 128 Å². The lowest BCUT2D eigenvalue weighted by atomic mass is 9.81. The molecule has 21 heavy (non-hydrogen) atoms. The predicted molar refractivity (Wildman–Crippen MR) is 85.9 cm³/mol. The van der Waals surface area contributed by atoms with E-state index in [9.17, 15) is 0 Å². The molecule has 1 aromatic heterocycles. The third-order valence-electron chi connectivity index (χ3n) is 5.49. The van der Waals surface area contributed by atoms with E-state index in [0.29, 0.717) is 0 Å². The highest BCUT2D eigenvalue weighted by atomic mass is 15.3. The normalized spacial score (nSPS) is 29.8. The molecule has 2 atom stereocenters. The molecule has 4 nitrogen and oxygen atoms in total. The van der Waals surface area contributed by atoms with Crippen molar-refractivity contribution < 1.29 is 0 Å². The van der Waals surface area contributed by atoms with Crippen molar-refractivity contribution in [2.75, 3.05) is 26.2 Å². The third-order valence-corrected chi connectivity index (χ3v) is 5.49. The first kappa shape index (κ1) is 14.9. The number of rotatable bonds is 5. The number of pyridine rings is 1. The van der Waals surface area contributed by atoms with Gasteiger partial charge in [-0.1, -0.05) is 13.0 Å². The highest BCUT2D eigenvalue weighted by Gasteiger charge is 2.43. The van der Waals surface area contributed by atoms with Gasteiger partial charge in [0.15, 0.2) is 0 Å². The Bertz CT molecular complexity index is 449. The summed E-state index contributed by atoms with van der Waals surface area (Å²) in [5.41, 5.74) is 7.59. The predicted octanol–water partition coefficient (Wildman–Crippen LogP) is 1.86. The van der Waals surface area contributed by atoms with Crippen LogP contribution in [0.5, 0.6) is 0 Å². The molecule has 0 aromatic carbocycles. The van der Waals surface area contributed by atoms with Gasteiger partial charge >= 0.3 is 0 Å². The molecule has 0 spiro atoms. The molecule has 0 amide bonds. The summed E-state index contributed by atoms with van der Waals surface area (Å²) in [4.78, 5) is 9.74. The molecule has 1 aromatic rings. The molecule has 116 valence electrons. The molecule has 2 unspecified atom stereocenters. The molecule has 2 fully saturated rings. The van der Waals surface area contributed by atoms with Gasteiger partial charge < -0.3 is 10.6 Å². The topological polar surface area (TPSA) is 45.4 Å². The van der Waals surface area contributed by atoms with Gasteiger partial charge in [0.1, 0.15) is 0 Å². The Balaban J connectivity index is 1.76. The minimum absolute atomic E-state index is 0.164. The quantitative estimate of drug-likeness (QED) is 0.898. The Morgan fingerprint density at radius 3 is 3.05 bits per heavy atom. The zero-order valence-corrected chi connectivity index (χ0v) is 13.2. The van der Waals surface area contributed by atoms with Gasteiger partial charge in [-0.2, -0.15) is 0 Å². The van der Waals surface area contributed by atoms with Gasteiger partial charge in [0.25, 0.3) is 0 Å². The number of hydrogen-bond donors (Lipinski definition) is 1. The minimum atomic E-state index is 0.164. The van der Waals surface area contributed by atoms with E-state index in [-0.39, 0.29) is 5.54 Å². The van der Waals surface area contributed by atoms with Crippen LogP contribution < -0.4 is 5.73 Å². The lowest BCUT2D eigenvalue weighted by molar-refractivity contribution is 0.00738. The first-order valence-corrected chi connectivity index (χ1v) is 8.36. The fraction of sp³-hybridized carbons (Fsp3) is 0.706. The van der Waals surface area contributed by atoms with Gasteiger partial charge in [-0.05, 0) is 50.9 Å². The molecular weight excluding hydrogens is 260 g/mol. The molecule has 0 aliphatic carbocycles. The van der Waals surface area contributed by atoms with E-state index in [1.54, 1.807) is 0 Å². The summed E-state index contributed by atoms with van der Waals surface area (Å²) in [7, 11) is 0. The second-order valence-corrected chi connectivity index (χ2v) is 6.55. The summed E-state index contributed by atoms with van der Waals surface area (Å²) in [5, 5.41) is 0. The highest BCUT2D eigenvalue weighted by Crippen LogP contribution is 2.36. The molecule has 0 bridgehead atoms. The Kier molecular flexibility index (Phi) is 4.57. The number of hydrogen-bond acceptors (Lipinski definition) is 4. The number of aromatic nitrogens is 1. The van der Waals surface area contributed by atoms with Crippen molar-refractivity contribution >= 4 is 0 Å². The van der Waals surface area contributed by atoms with Crippen LogP contribution in [0.1, 0.15) is 38.3 Å². The van der Waals surface area contributed by atoms with Crippen molar-refractivity contribution in [3.05, 3.63) is 30.1 Å². The van der Waals surface area contributed by atoms with Crippen LogP contribution in [0.25, 0.3) is 0 Å². The first-order chi connectivity index (χ1) is 10.3. The zero-order valence-electron chi connectivity index (χ0n) is 13.2. The van der Waals surface area contributed by atoms with Crippen molar-refractivity contribution in [1.29, 1.82) is 0 Å². The van der Waals surface area contributed by atoms with Crippen LogP contribution in [0.3, 0.4) is 0 Å². The minimum Gasteiger partial charge on any atom is -0.329 e. The maximum atomic E-state index is 6.27. The van der Waals surface area contributed by atoms with Crippen molar-refractivity contribution in [2.45, 2.75) is 50.7 Å². The fourth-order valence-electron chi connectivity index (χ4n) is 4.22. The number of fused-ring (bicyclic) bond motifs is 1. The monoisotopic (exact) mass is 288 g/mol. The zero-order chi connectivity index (χ0) is 14.7. The summed E-state index contributed by atoms with van der Waals surface area (Å²) in [6.45, 7) is 7.47. The van der Waals surface area contributed by atoms with Crippen LogP contribution in [-0.2, 0) is 6.54 Å². The second-order valence-electron chi connectivity index (χ2n) is 6.55. The Morgan fingerprint density at radius 2 is 2.33 bits per heavy atom. The van der Waals surface area contributed by atoms with Crippen LogP contribution in [0, 0.1) is 0 Å². The van der Waals surface area contributed by atoms with Crippen molar-refractivity contribution in [3.63, 3.8) is 0 Å². The smallest absolute Gasteiger partial charge is 0.0544 e. The molecular formula is C17H28N4. The van der Waals surface area contributed by atoms with Gasteiger partial charge in [-0.15, -0.1) is 0 Å². The molecule has 2 aliphatic heterocycles. The molecule has 3 heterocycles. The van der Waals surface area contributed by atoms with E-state index in [4.69, 9.17) is 5.73 Å². The number of piperidine rings is 1. The van der Waals surface area contributed by atoms with E-state index in [2.05, 4.69) is 33.8 Å². The highest BCUT2D eigenvalue weighted by molar-refractivity contribution is 5.07. The van der Waals surface area contributed by atoms with Crippen molar-refractivity contribution in [3.8, 4) is 0 Å². The summed E-state index contributed by atoms with van der Waals surface area (Å²) < 4.78 is 0. The average molecular weight is 288 g/mol. The second kappa shape index (κ2) is 6.42. The van der Waals surface area contributed by atoms with Crippen LogP contribution in [-0.4, -0.2) is 52.5 Å². The first-order valence-electron chi connectivity index (χ1n) is 8.36. The van der Waals surface area contributed by atoms with E-state index < -0.39 is 0 Å². The third kappa shape index (κ3) is 2.98. The molecule has 3 rings (SSSR count). The molecule has 2 N–H and O–H groups in total. The standard InChI is InChI=1S/C17H28N4/c1-2-21(13-15-6-3-4-9-19-15)17(14-18)8-11-20-10-5-7-16(20)12-17/h3-4,6,9,16H,2,5,7-8,10-14,18H2,1H3. The molecule has 4 heteroatoms. The number of nitrogens with two attached hydrogens (primary N) is 1. The molecule has 2 saturated heterocycles.